The summed E-state index contributed by atoms with van der Waals surface area (Å²) in [6.07, 6.45) is 3.54. The largest absolute Gasteiger partial charge is 0.350 e. The van der Waals surface area contributed by atoms with Gasteiger partial charge in [-0.25, -0.2) is 0 Å². The maximum Gasteiger partial charge on any atom is 0.171 e. The van der Waals surface area contributed by atoms with Crippen molar-refractivity contribution in [1.29, 1.82) is 0 Å². The number of hydroxylamine groups is 2. The van der Waals surface area contributed by atoms with Gasteiger partial charge in [0.25, 0.3) is 0 Å². The van der Waals surface area contributed by atoms with Crippen molar-refractivity contribution in [1.82, 2.24) is 5.06 Å². The molecule has 0 radical (unpaired) electrons. The first kappa shape index (κ1) is 26.3. The minimum absolute atomic E-state index is 0.0152. The summed E-state index contributed by atoms with van der Waals surface area (Å²) in [4.78, 5) is 6.76. The molecule has 1 heterocycles. The van der Waals surface area contributed by atoms with Crippen LogP contribution in [0.1, 0.15) is 99.7 Å². The average molecular weight is 434 g/mol. The molecule has 178 valence electrons. The van der Waals surface area contributed by atoms with Gasteiger partial charge in [0.1, 0.15) is 6.10 Å². The van der Waals surface area contributed by atoms with Crippen LogP contribution in [0.2, 0.25) is 0 Å². The van der Waals surface area contributed by atoms with Gasteiger partial charge in [-0.05, 0) is 51.0 Å². The monoisotopic (exact) mass is 433 g/mol. The van der Waals surface area contributed by atoms with Crippen molar-refractivity contribution in [3.63, 3.8) is 0 Å². The highest BCUT2D eigenvalue weighted by Crippen LogP contribution is 2.50. The Morgan fingerprint density at radius 3 is 1.81 bits per heavy atom. The van der Waals surface area contributed by atoms with Crippen LogP contribution in [0, 0.1) is 11.8 Å². The molecule has 0 saturated carbocycles. The number of rotatable bonds is 11. The van der Waals surface area contributed by atoms with Gasteiger partial charge in [-0.1, -0.05) is 71.9 Å². The lowest BCUT2D eigenvalue weighted by atomic mass is 9.73. The molecular weight excluding hydrogens is 386 g/mol. The van der Waals surface area contributed by atoms with E-state index in [2.05, 4.69) is 97.7 Å². The van der Waals surface area contributed by atoms with E-state index in [4.69, 9.17) is 14.3 Å². The van der Waals surface area contributed by atoms with Gasteiger partial charge in [-0.15, -0.1) is 0 Å². The van der Waals surface area contributed by atoms with Crippen LogP contribution >= 0.6 is 0 Å². The molecule has 0 bridgehead atoms. The van der Waals surface area contributed by atoms with E-state index in [0.29, 0.717) is 25.0 Å². The first-order valence-corrected chi connectivity index (χ1v) is 12.3. The Morgan fingerprint density at radius 2 is 1.35 bits per heavy atom. The number of piperidine rings is 1. The maximum absolute atomic E-state index is 6.76. The molecule has 0 spiro atoms. The molecule has 0 aliphatic carbocycles. The molecule has 1 aliphatic heterocycles. The lowest BCUT2D eigenvalue weighted by Gasteiger charge is -2.60. The molecule has 0 amide bonds. The summed E-state index contributed by atoms with van der Waals surface area (Å²) < 4.78 is 13.2. The third kappa shape index (κ3) is 6.54. The standard InChI is InChI=1S/C27H47NO3/c1-10-26(11-2)20-27(29-17-21(3)4,30-18-22(5)6)19-25(8,9)28(26)31-23(7)24-15-13-12-14-16-24/h12-16,21-23H,10-11,17-20H2,1-9H3. The lowest BCUT2D eigenvalue weighted by Crippen LogP contribution is -2.68. The third-order valence-corrected chi connectivity index (χ3v) is 6.49. The van der Waals surface area contributed by atoms with Crippen LogP contribution < -0.4 is 0 Å². The molecule has 2 rings (SSSR count). The van der Waals surface area contributed by atoms with Crippen LogP contribution in [0.3, 0.4) is 0 Å². The van der Waals surface area contributed by atoms with Gasteiger partial charge in [-0.3, -0.25) is 4.84 Å². The lowest BCUT2D eigenvalue weighted by molar-refractivity contribution is -0.377. The van der Waals surface area contributed by atoms with Crippen molar-refractivity contribution in [2.24, 2.45) is 11.8 Å². The molecular formula is C27H47NO3. The van der Waals surface area contributed by atoms with Gasteiger partial charge < -0.3 is 9.47 Å². The average Bonchev–Trinajstić information content (AvgIpc) is 2.73. The second-order valence-electron chi connectivity index (χ2n) is 10.9. The highest BCUT2D eigenvalue weighted by atomic mass is 16.7. The van der Waals surface area contributed by atoms with Gasteiger partial charge in [0.15, 0.2) is 5.79 Å². The third-order valence-electron chi connectivity index (χ3n) is 6.49. The fourth-order valence-electron chi connectivity index (χ4n) is 4.88. The van der Waals surface area contributed by atoms with E-state index >= 15 is 0 Å². The summed E-state index contributed by atoms with van der Waals surface area (Å²) in [6.45, 7) is 21.5. The molecule has 1 aromatic carbocycles. The van der Waals surface area contributed by atoms with E-state index in [1.165, 1.54) is 5.56 Å². The smallest absolute Gasteiger partial charge is 0.171 e. The van der Waals surface area contributed by atoms with Gasteiger partial charge in [0.05, 0.1) is 18.8 Å². The molecule has 1 fully saturated rings. The van der Waals surface area contributed by atoms with Crippen LogP contribution in [-0.4, -0.2) is 35.1 Å². The maximum atomic E-state index is 6.76. The van der Waals surface area contributed by atoms with E-state index in [0.717, 1.165) is 25.7 Å². The minimum Gasteiger partial charge on any atom is -0.350 e. The fourth-order valence-corrected chi connectivity index (χ4v) is 4.88. The molecule has 31 heavy (non-hydrogen) atoms. The summed E-state index contributed by atoms with van der Waals surface area (Å²) in [7, 11) is 0. The van der Waals surface area contributed by atoms with E-state index in [9.17, 15) is 0 Å². The predicted molar refractivity (Wildman–Crippen MR) is 129 cm³/mol. The van der Waals surface area contributed by atoms with Crippen molar-refractivity contribution in [3.05, 3.63) is 35.9 Å². The Labute approximate surface area is 191 Å². The van der Waals surface area contributed by atoms with E-state index < -0.39 is 5.79 Å². The zero-order valence-corrected chi connectivity index (χ0v) is 21.5. The zero-order valence-electron chi connectivity index (χ0n) is 21.5. The highest BCUT2D eigenvalue weighted by molar-refractivity contribution is 5.17. The number of hydrogen-bond donors (Lipinski definition) is 0. The summed E-state index contributed by atoms with van der Waals surface area (Å²) in [5, 5.41) is 2.30. The van der Waals surface area contributed by atoms with Gasteiger partial charge in [0.2, 0.25) is 0 Å². The van der Waals surface area contributed by atoms with Crippen LogP contribution in [0.25, 0.3) is 0 Å². The minimum atomic E-state index is -0.583. The van der Waals surface area contributed by atoms with E-state index in [-0.39, 0.29) is 17.2 Å². The second kappa shape index (κ2) is 10.8. The van der Waals surface area contributed by atoms with Gasteiger partial charge in [0, 0.05) is 18.4 Å². The predicted octanol–water partition coefficient (Wildman–Crippen LogP) is 7.15. The molecule has 1 aromatic rings. The molecule has 1 unspecified atom stereocenters. The molecule has 0 N–H and O–H groups in total. The van der Waals surface area contributed by atoms with Gasteiger partial charge >= 0.3 is 0 Å². The molecule has 1 saturated heterocycles. The van der Waals surface area contributed by atoms with Crippen molar-refractivity contribution in [2.45, 2.75) is 111 Å². The fraction of sp³-hybridized carbons (Fsp3) is 0.778. The molecule has 1 aliphatic rings. The molecule has 4 nitrogen and oxygen atoms in total. The van der Waals surface area contributed by atoms with E-state index in [1.54, 1.807) is 0 Å². The van der Waals surface area contributed by atoms with Crippen LogP contribution in [0.4, 0.5) is 0 Å². The normalized spacial score (nSPS) is 21.5. The van der Waals surface area contributed by atoms with Gasteiger partial charge in [-0.2, -0.15) is 5.06 Å². The van der Waals surface area contributed by atoms with Crippen molar-refractivity contribution >= 4 is 0 Å². The highest BCUT2D eigenvalue weighted by Gasteiger charge is 2.57. The van der Waals surface area contributed by atoms with Crippen molar-refractivity contribution in [2.75, 3.05) is 13.2 Å². The number of hydrogen-bond acceptors (Lipinski definition) is 4. The van der Waals surface area contributed by atoms with Crippen LogP contribution in [-0.2, 0) is 14.3 Å². The van der Waals surface area contributed by atoms with E-state index in [1.807, 2.05) is 0 Å². The SMILES string of the molecule is CCC1(CC)CC(OCC(C)C)(OCC(C)C)CC(C)(C)N1OC(C)c1ccccc1. The Hall–Kier alpha value is -0.940. The van der Waals surface area contributed by atoms with Crippen molar-refractivity contribution in [3.8, 4) is 0 Å². The number of ether oxygens (including phenoxy) is 2. The Morgan fingerprint density at radius 1 is 0.839 bits per heavy atom. The molecule has 1 atom stereocenters. The van der Waals surface area contributed by atoms with Crippen LogP contribution in [0.15, 0.2) is 30.3 Å². The number of nitrogens with zero attached hydrogens (tertiary/aromatic N) is 1. The second-order valence-corrected chi connectivity index (χ2v) is 10.9. The topological polar surface area (TPSA) is 30.9 Å². The summed E-state index contributed by atoms with van der Waals surface area (Å²) in [6, 6.07) is 10.5. The first-order valence-electron chi connectivity index (χ1n) is 12.3. The summed E-state index contributed by atoms with van der Waals surface area (Å²) in [5.74, 6) is 0.347. The first-order chi connectivity index (χ1) is 14.5. The quantitative estimate of drug-likeness (QED) is 0.347. The molecule has 0 aromatic heterocycles. The Balaban J connectivity index is 2.39. The van der Waals surface area contributed by atoms with Crippen molar-refractivity contribution < 1.29 is 14.3 Å². The summed E-state index contributed by atoms with van der Waals surface area (Å²) >= 11 is 0. The number of benzene rings is 1. The molecule has 4 heteroatoms. The zero-order chi connectivity index (χ0) is 23.3. The summed E-state index contributed by atoms with van der Waals surface area (Å²) in [5.41, 5.74) is 0.809. The Bertz CT molecular complexity index is 640. The van der Waals surface area contributed by atoms with Crippen LogP contribution in [0.5, 0.6) is 0 Å². The Kier molecular flexibility index (Phi) is 9.15.